The molecule has 0 aromatic carbocycles. The first-order chi connectivity index (χ1) is 6.84. The predicted octanol–water partition coefficient (Wildman–Crippen LogP) is 5.01. The summed E-state index contributed by atoms with van der Waals surface area (Å²) in [5.74, 6) is 0. The van der Waals surface area contributed by atoms with Gasteiger partial charge in [-0.15, -0.1) is 0 Å². The van der Waals surface area contributed by atoms with E-state index in [4.69, 9.17) is 0 Å². The van der Waals surface area contributed by atoms with Gasteiger partial charge in [0.15, 0.2) is 0 Å². The third kappa shape index (κ3) is 4.13. The van der Waals surface area contributed by atoms with Crippen molar-refractivity contribution in [2.75, 3.05) is 0 Å². The first-order valence-corrected chi connectivity index (χ1v) is 6.19. The van der Waals surface area contributed by atoms with Crippen LogP contribution < -0.4 is 0 Å². The molecule has 80 valence electrons. The highest BCUT2D eigenvalue weighted by Gasteiger charge is 2.03. The summed E-state index contributed by atoms with van der Waals surface area (Å²) >= 11 is 0. The molecule has 0 radical (unpaired) electrons. The van der Waals surface area contributed by atoms with Gasteiger partial charge in [0.2, 0.25) is 0 Å². The fourth-order valence-electron chi connectivity index (χ4n) is 2.07. The van der Waals surface area contributed by atoms with Crippen molar-refractivity contribution >= 4 is 0 Å². The van der Waals surface area contributed by atoms with Gasteiger partial charge in [0.05, 0.1) is 0 Å². The standard InChI is InChI=1S/C14H24/c1-3-4-5-6-7-8-11-14-12-9-10-13(14)2/h9-10H,3-8,11-12H2,1-2H3. The molecular weight excluding hydrogens is 168 g/mol. The van der Waals surface area contributed by atoms with Crippen LogP contribution in [0.25, 0.3) is 0 Å². The lowest BCUT2D eigenvalue weighted by atomic mass is 10.0. The van der Waals surface area contributed by atoms with Gasteiger partial charge in [-0.2, -0.15) is 0 Å². The molecule has 0 saturated heterocycles. The van der Waals surface area contributed by atoms with Crippen molar-refractivity contribution in [3.8, 4) is 0 Å². The lowest BCUT2D eigenvalue weighted by Crippen LogP contribution is -1.84. The average Bonchev–Trinajstić information content (AvgIpc) is 2.58. The summed E-state index contributed by atoms with van der Waals surface area (Å²) in [5, 5.41) is 0. The zero-order valence-corrected chi connectivity index (χ0v) is 9.81. The molecule has 0 spiro atoms. The van der Waals surface area contributed by atoms with Crippen LogP contribution in [0, 0.1) is 0 Å². The van der Waals surface area contributed by atoms with Gasteiger partial charge in [0.1, 0.15) is 0 Å². The molecule has 1 aliphatic carbocycles. The molecule has 14 heavy (non-hydrogen) atoms. The third-order valence-electron chi connectivity index (χ3n) is 3.12. The summed E-state index contributed by atoms with van der Waals surface area (Å²) in [6, 6.07) is 0. The second-order valence-corrected chi connectivity index (χ2v) is 4.41. The van der Waals surface area contributed by atoms with Crippen LogP contribution in [0.3, 0.4) is 0 Å². The van der Waals surface area contributed by atoms with Crippen LogP contribution in [0.2, 0.25) is 0 Å². The van der Waals surface area contributed by atoms with E-state index < -0.39 is 0 Å². The summed E-state index contributed by atoms with van der Waals surface area (Å²) in [5.41, 5.74) is 3.21. The van der Waals surface area contributed by atoms with Crippen LogP contribution in [0.5, 0.6) is 0 Å². The number of hydrogen-bond donors (Lipinski definition) is 0. The van der Waals surface area contributed by atoms with E-state index in [9.17, 15) is 0 Å². The van der Waals surface area contributed by atoms with E-state index in [0.717, 1.165) is 0 Å². The Bertz CT molecular complexity index is 208. The monoisotopic (exact) mass is 192 g/mol. The van der Waals surface area contributed by atoms with E-state index in [1.807, 2.05) is 0 Å². The molecule has 0 aliphatic heterocycles. The Hall–Kier alpha value is -0.520. The van der Waals surface area contributed by atoms with Crippen molar-refractivity contribution < 1.29 is 0 Å². The molecule has 0 atom stereocenters. The molecule has 0 saturated carbocycles. The van der Waals surface area contributed by atoms with Crippen molar-refractivity contribution in [2.24, 2.45) is 0 Å². The SMILES string of the molecule is CCCCCCCCC1=C(C)C=CC1. The molecule has 0 bridgehead atoms. The molecule has 1 rings (SSSR count). The quantitative estimate of drug-likeness (QED) is 0.497. The molecule has 0 heterocycles. The topological polar surface area (TPSA) is 0 Å². The van der Waals surface area contributed by atoms with Gasteiger partial charge in [-0.3, -0.25) is 0 Å². The molecule has 0 unspecified atom stereocenters. The number of rotatable bonds is 7. The van der Waals surface area contributed by atoms with E-state index in [-0.39, 0.29) is 0 Å². The van der Waals surface area contributed by atoms with E-state index in [0.29, 0.717) is 0 Å². The summed E-state index contributed by atoms with van der Waals surface area (Å²) in [4.78, 5) is 0. The molecular formula is C14H24. The van der Waals surface area contributed by atoms with Gasteiger partial charge >= 0.3 is 0 Å². The summed E-state index contributed by atoms with van der Waals surface area (Å²) in [6.45, 7) is 4.52. The first kappa shape index (κ1) is 11.6. The number of hydrogen-bond acceptors (Lipinski definition) is 0. The second kappa shape index (κ2) is 6.86. The molecule has 0 nitrogen and oxygen atoms in total. The van der Waals surface area contributed by atoms with Crippen molar-refractivity contribution in [1.29, 1.82) is 0 Å². The van der Waals surface area contributed by atoms with E-state index in [1.54, 1.807) is 5.57 Å². The van der Waals surface area contributed by atoms with Gasteiger partial charge in [0.25, 0.3) is 0 Å². The normalized spacial score (nSPS) is 15.6. The first-order valence-electron chi connectivity index (χ1n) is 6.19. The van der Waals surface area contributed by atoms with Crippen molar-refractivity contribution in [1.82, 2.24) is 0 Å². The van der Waals surface area contributed by atoms with E-state index in [2.05, 4.69) is 26.0 Å². The van der Waals surface area contributed by atoms with Crippen molar-refractivity contribution in [3.05, 3.63) is 23.3 Å². The minimum absolute atomic E-state index is 1.22. The second-order valence-electron chi connectivity index (χ2n) is 4.41. The van der Waals surface area contributed by atoms with Gasteiger partial charge in [-0.25, -0.2) is 0 Å². The maximum Gasteiger partial charge on any atom is -0.0130 e. The fraction of sp³-hybridized carbons (Fsp3) is 0.714. The summed E-state index contributed by atoms with van der Waals surface area (Å²) in [7, 11) is 0. The third-order valence-corrected chi connectivity index (χ3v) is 3.12. The van der Waals surface area contributed by atoms with Crippen LogP contribution in [-0.2, 0) is 0 Å². The molecule has 0 aromatic rings. The maximum atomic E-state index is 2.29. The average molecular weight is 192 g/mol. The zero-order chi connectivity index (χ0) is 10.2. The molecule has 0 fully saturated rings. The maximum absolute atomic E-state index is 2.29. The smallest absolute Gasteiger partial charge is 0.0130 e. The zero-order valence-electron chi connectivity index (χ0n) is 9.81. The molecule has 0 amide bonds. The summed E-state index contributed by atoms with van der Waals surface area (Å²) < 4.78 is 0. The van der Waals surface area contributed by atoms with Crippen LogP contribution in [0.4, 0.5) is 0 Å². The van der Waals surface area contributed by atoms with Crippen molar-refractivity contribution in [3.63, 3.8) is 0 Å². The predicted molar refractivity (Wildman–Crippen MR) is 64.5 cm³/mol. The van der Waals surface area contributed by atoms with Crippen LogP contribution in [0.1, 0.15) is 65.2 Å². The lowest BCUT2D eigenvalue weighted by molar-refractivity contribution is 0.604. The van der Waals surface area contributed by atoms with Crippen molar-refractivity contribution in [2.45, 2.75) is 65.2 Å². The van der Waals surface area contributed by atoms with Gasteiger partial charge in [-0.05, 0) is 26.2 Å². The largest absolute Gasteiger partial charge is 0.0802 e. The van der Waals surface area contributed by atoms with Crippen LogP contribution >= 0.6 is 0 Å². The highest BCUT2D eigenvalue weighted by atomic mass is 14.1. The molecule has 0 N–H and O–H groups in total. The van der Waals surface area contributed by atoms with Gasteiger partial charge < -0.3 is 0 Å². The number of unbranched alkanes of at least 4 members (excludes halogenated alkanes) is 5. The highest BCUT2D eigenvalue weighted by molar-refractivity contribution is 5.31. The van der Waals surface area contributed by atoms with Crippen LogP contribution in [-0.4, -0.2) is 0 Å². The fourth-order valence-corrected chi connectivity index (χ4v) is 2.07. The lowest BCUT2D eigenvalue weighted by Gasteiger charge is -2.04. The molecule has 0 heteroatoms. The van der Waals surface area contributed by atoms with Crippen LogP contribution in [0.15, 0.2) is 23.3 Å². The van der Waals surface area contributed by atoms with Gasteiger partial charge in [-0.1, -0.05) is 62.3 Å². The Labute approximate surface area is 89.1 Å². The minimum atomic E-state index is 1.22. The van der Waals surface area contributed by atoms with Gasteiger partial charge in [0, 0.05) is 0 Å². The highest BCUT2D eigenvalue weighted by Crippen LogP contribution is 2.23. The Morgan fingerprint density at radius 1 is 1.07 bits per heavy atom. The number of allylic oxidation sites excluding steroid dienone is 4. The Balaban J connectivity index is 1.97. The molecule has 0 aromatic heterocycles. The van der Waals surface area contributed by atoms with E-state index in [1.165, 1.54) is 56.9 Å². The van der Waals surface area contributed by atoms with E-state index >= 15 is 0 Å². The Morgan fingerprint density at radius 2 is 1.79 bits per heavy atom. The summed E-state index contributed by atoms with van der Waals surface area (Å²) in [6.07, 6.45) is 15.6. The Kier molecular flexibility index (Phi) is 5.66. The Morgan fingerprint density at radius 3 is 2.43 bits per heavy atom. The molecule has 1 aliphatic rings. The minimum Gasteiger partial charge on any atom is -0.0802 e.